The molecule has 0 aliphatic heterocycles. The van der Waals surface area contributed by atoms with Crippen LogP contribution in [-0.4, -0.2) is 11.0 Å². The van der Waals surface area contributed by atoms with Gasteiger partial charge in [0, 0.05) is 11.3 Å². The molecule has 0 radical (unpaired) electrons. The lowest BCUT2D eigenvalue weighted by atomic mass is 10.2. The number of hydrogen-bond acceptors (Lipinski definition) is 3. The van der Waals surface area contributed by atoms with Crippen molar-refractivity contribution >= 4 is 52.1 Å². The molecule has 3 rings (SSSR count). The van der Waals surface area contributed by atoms with Gasteiger partial charge in [-0.05, 0) is 55.0 Å². The van der Waals surface area contributed by atoms with Crippen molar-refractivity contribution < 1.29 is 9.21 Å². The van der Waals surface area contributed by atoms with E-state index in [-0.39, 0.29) is 10.9 Å². The molecule has 7 heteroatoms. The number of amides is 1. The van der Waals surface area contributed by atoms with Crippen molar-refractivity contribution in [2.75, 3.05) is 5.32 Å². The van der Waals surface area contributed by atoms with Crippen LogP contribution in [0, 0.1) is 6.92 Å². The fourth-order valence-electron chi connectivity index (χ4n) is 2.33. The number of rotatable bonds is 3. The first-order valence-corrected chi connectivity index (χ1v) is 8.84. The Kier molecular flexibility index (Phi) is 5.61. The molecule has 0 saturated carbocycles. The van der Waals surface area contributed by atoms with Gasteiger partial charge in [0.25, 0.3) is 5.91 Å². The number of carbonyl (C=O) groups excluding carboxylic acids is 1. The van der Waals surface area contributed by atoms with Gasteiger partial charge in [-0.25, -0.2) is 0 Å². The van der Waals surface area contributed by atoms with E-state index in [4.69, 9.17) is 39.8 Å². The van der Waals surface area contributed by atoms with Gasteiger partial charge in [0.2, 0.25) is 0 Å². The molecule has 132 valence electrons. The molecule has 0 fully saturated rings. The van der Waals surface area contributed by atoms with Gasteiger partial charge in [-0.1, -0.05) is 47.5 Å². The van der Waals surface area contributed by atoms with Crippen molar-refractivity contribution in [1.82, 2.24) is 5.32 Å². The summed E-state index contributed by atoms with van der Waals surface area (Å²) in [5.41, 5.74) is 2.45. The maximum absolute atomic E-state index is 12.3. The highest BCUT2D eigenvalue weighted by Gasteiger charge is 2.16. The summed E-state index contributed by atoms with van der Waals surface area (Å²) < 4.78 is 5.60. The van der Waals surface area contributed by atoms with Gasteiger partial charge in [0.1, 0.15) is 5.76 Å². The number of thiocarbonyl (C=S) groups is 1. The van der Waals surface area contributed by atoms with Crippen LogP contribution in [0.1, 0.15) is 16.1 Å². The summed E-state index contributed by atoms with van der Waals surface area (Å²) in [4.78, 5) is 12.3. The van der Waals surface area contributed by atoms with Crippen molar-refractivity contribution in [2.24, 2.45) is 0 Å². The number of halogens is 2. The maximum atomic E-state index is 12.3. The maximum Gasteiger partial charge on any atom is 0.293 e. The molecule has 0 atom stereocenters. The molecule has 1 heterocycles. The topological polar surface area (TPSA) is 54.3 Å². The molecule has 1 aromatic heterocycles. The molecule has 0 saturated heterocycles. The second kappa shape index (κ2) is 7.91. The lowest BCUT2D eigenvalue weighted by molar-refractivity contribution is 0.0951. The van der Waals surface area contributed by atoms with Crippen LogP contribution in [0.25, 0.3) is 11.3 Å². The Hall–Kier alpha value is -2.34. The molecule has 0 aliphatic carbocycles. The molecule has 4 nitrogen and oxygen atoms in total. The highest BCUT2D eigenvalue weighted by molar-refractivity contribution is 7.80. The molecule has 1 amide bonds. The molecule has 3 aromatic rings. The summed E-state index contributed by atoms with van der Waals surface area (Å²) in [6.07, 6.45) is 0. The molecule has 0 aliphatic rings. The summed E-state index contributed by atoms with van der Waals surface area (Å²) in [6.45, 7) is 1.94. The predicted octanol–water partition coefficient (Wildman–Crippen LogP) is 5.69. The number of aryl methyl sites for hydroxylation is 1. The van der Waals surface area contributed by atoms with E-state index in [0.29, 0.717) is 21.4 Å². The molecular formula is C19H14Cl2N2O2S. The van der Waals surface area contributed by atoms with Gasteiger partial charge in [-0.3, -0.25) is 10.1 Å². The first kappa shape index (κ1) is 18.5. The van der Waals surface area contributed by atoms with E-state index < -0.39 is 5.91 Å². The lowest BCUT2D eigenvalue weighted by Gasteiger charge is -2.10. The van der Waals surface area contributed by atoms with Gasteiger partial charge in [-0.2, -0.15) is 0 Å². The van der Waals surface area contributed by atoms with Crippen LogP contribution in [0.4, 0.5) is 5.69 Å². The Bertz CT molecular complexity index is 985. The van der Waals surface area contributed by atoms with E-state index in [0.717, 1.165) is 11.3 Å². The van der Waals surface area contributed by atoms with Crippen molar-refractivity contribution in [3.63, 3.8) is 0 Å². The van der Waals surface area contributed by atoms with Crippen LogP contribution in [0.5, 0.6) is 0 Å². The Morgan fingerprint density at radius 2 is 1.81 bits per heavy atom. The van der Waals surface area contributed by atoms with E-state index in [1.807, 2.05) is 31.2 Å². The van der Waals surface area contributed by atoms with Gasteiger partial charge in [-0.15, -0.1) is 0 Å². The number of para-hydroxylation sites is 1. The number of benzene rings is 2. The highest BCUT2D eigenvalue weighted by Crippen LogP contribution is 2.34. The van der Waals surface area contributed by atoms with E-state index in [1.165, 1.54) is 0 Å². The van der Waals surface area contributed by atoms with Gasteiger partial charge in [0.05, 0.1) is 10.0 Å². The average molecular weight is 405 g/mol. The van der Waals surface area contributed by atoms with Gasteiger partial charge < -0.3 is 9.73 Å². The van der Waals surface area contributed by atoms with E-state index in [9.17, 15) is 4.79 Å². The molecule has 0 bridgehead atoms. The Labute approximate surface area is 166 Å². The Balaban J connectivity index is 1.71. The summed E-state index contributed by atoms with van der Waals surface area (Å²) in [7, 11) is 0. The van der Waals surface area contributed by atoms with Crippen LogP contribution < -0.4 is 10.6 Å². The molecule has 26 heavy (non-hydrogen) atoms. The third-order valence-corrected chi connectivity index (χ3v) is 4.69. The summed E-state index contributed by atoms with van der Waals surface area (Å²) in [5, 5.41) is 6.54. The monoisotopic (exact) mass is 404 g/mol. The highest BCUT2D eigenvalue weighted by atomic mass is 35.5. The minimum absolute atomic E-state index is 0.116. The number of furan rings is 1. The predicted molar refractivity (Wildman–Crippen MR) is 109 cm³/mol. The Morgan fingerprint density at radius 3 is 2.58 bits per heavy atom. The van der Waals surface area contributed by atoms with Gasteiger partial charge >= 0.3 is 0 Å². The van der Waals surface area contributed by atoms with E-state index >= 15 is 0 Å². The van der Waals surface area contributed by atoms with E-state index in [2.05, 4.69) is 10.6 Å². The zero-order valence-electron chi connectivity index (χ0n) is 13.7. The zero-order valence-corrected chi connectivity index (χ0v) is 16.0. The second-order valence-corrected chi connectivity index (χ2v) is 6.68. The quantitative estimate of drug-likeness (QED) is 0.550. The first-order valence-electron chi connectivity index (χ1n) is 7.68. The number of carbonyl (C=O) groups is 1. The molecule has 0 unspecified atom stereocenters. The third kappa shape index (κ3) is 4.07. The largest absolute Gasteiger partial charge is 0.451 e. The summed E-state index contributed by atoms with van der Waals surface area (Å²) in [6, 6.07) is 16.0. The number of hydrogen-bond donors (Lipinski definition) is 2. The van der Waals surface area contributed by atoms with Crippen molar-refractivity contribution in [3.05, 3.63) is 76.0 Å². The smallest absolute Gasteiger partial charge is 0.293 e. The fraction of sp³-hybridized carbons (Fsp3) is 0.0526. The molecule has 0 spiro atoms. The van der Waals surface area contributed by atoms with Crippen LogP contribution in [0.3, 0.4) is 0 Å². The third-order valence-electron chi connectivity index (χ3n) is 3.67. The summed E-state index contributed by atoms with van der Waals surface area (Å²) >= 11 is 17.4. The lowest BCUT2D eigenvalue weighted by Crippen LogP contribution is -2.34. The van der Waals surface area contributed by atoms with Crippen molar-refractivity contribution in [2.45, 2.75) is 6.92 Å². The average Bonchev–Trinajstić information content (AvgIpc) is 3.09. The summed E-state index contributed by atoms with van der Waals surface area (Å²) in [5.74, 6) is 0.103. The van der Waals surface area contributed by atoms with Crippen LogP contribution in [-0.2, 0) is 0 Å². The minimum atomic E-state index is -0.458. The standard InChI is InChI=1S/C19H14Cl2N2O2S/c1-11-5-2-3-8-14(11)22-19(26)23-18(24)16-10-9-15(25-16)12-6-4-7-13(20)17(12)21/h2-10H,1H3,(H2,22,23,24,26). The van der Waals surface area contributed by atoms with Crippen LogP contribution in [0.2, 0.25) is 10.0 Å². The minimum Gasteiger partial charge on any atom is -0.451 e. The molecular weight excluding hydrogens is 391 g/mol. The van der Waals surface area contributed by atoms with Crippen molar-refractivity contribution in [3.8, 4) is 11.3 Å². The van der Waals surface area contributed by atoms with Crippen molar-refractivity contribution in [1.29, 1.82) is 0 Å². The SMILES string of the molecule is Cc1ccccc1NC(=S)NC(=O)c1ccc(-c2cccc(Cl)c2Cl)o1. The van der Waals surface area contributed by atoms with Crippen LogP contribution >= 0.6 is 35.4 Å². The molecule has 2 aromatic carbocycles. The van der Waals surface area contributed by atoms with Gasteiger partial charge in [0.15, 0.2) is 10.9 Å². The second-order valence-electron chi connectivity index (χ2n) is 5.49. The van der Waals surface area contributed by atoms with E-state index in [1.54, 1.807) is 30.3 Å². The Morgan fingerprint density at radius 1 is 1.04 bits per heavy atom. The zero-order chi connectivity index (χ0) is 18.7. The molecule has 2 N–H and O–H groups in total. The first-order chi connectivity index (χ1) is 12.5. The fourth-order valence-corrected chi connectivity index (χ4v) is 2.93. The number of nitrogens with one attached hydrogen (secondary N) is 2. The number of anilines is 1. The van der Waals surface area contributed by atoms with Crippen LogP contribution in [0.15, 0.2) is 59.0 Å². The normalized spacial score (nSPS) is 10.4.